The Hall–Kier alpha value is -0.700. The van der Waals surface area contributed by atoms with Gasteiger partial charge in [0.15, 0.2) is 0 Å². The molecule has 0 bridgehead atoms. The molecule has 0 aromatic rings. The van der Waals surface area contributed by atoms with Crippen molar-refractivity contribution in [1.29, 1.82) is 0 Å². The number of ether oxygens (including phenoxy) is 1. The maximum absolute atomic E-state index is 11.1. The number of Topliss-reactive ketones (excluding diaryl/α,β-unsaturated/α-hetero) is 1. The third kappa shape index (κ3) is 2.42. The van der Waals surface area contributed by atoms with Crippen LogP contribution in [0.1, 0.15) is 19.3 Å². The van der Waals surface area contributed by atoms with E-state index in [1.165, 1.54) is 0 Å². The van der Waals surface area contributed by atoms with E-state index in [0.29, 0.717) is 19.5 Å². The Bertz CT molecular complexity index is 147. The highest BCUT2D eigenvalue weighted by molar-refractivity contribution is 5.91. The smallest absolute Gasteiger partial charge is 0.143 e. The normalized spacial score (nSPS) is 19.6. The van der Waals surface area contributed by atoms with Gasteiger partial charge in [0, 0.05) is 19.1 Å². The van der Waals surface area contributed by atoms with Gasteiger partial charge in [-0.3, -0.25) is 4.79 Å². The lowest BCUT2D eigenvalue weighted by atomic mass is 9.94. The summed E-state index contributed by atoms with van der Waals surface area (Å²) in [6.45, 7) is 1.32. The van der Waals surface area contributed by atoms with Gasteiger partial charge < -0.3 is 9.53 Å². The topological polar surface area (TPSA) is 43.4 Å². The molecular formula is C8H12O3. The fraction of sp³-hybridized carbons (Fsp3) is 0.750. The van der Waals surface area contributed by atoms with Crippen molar-refractivity contribution >= 4 is 12.1 Å². The fourth-order valence-corrected chi connectivity index (χ4v) is 1.27. The molecule has 1 rings (SSSR count). The van der Waals surface area contributed by atoms with Crippen LogP contribution in [0, 0.1) is 5.92 Å². The van der Waals surface area contributed by atoms with E-state index in [1.807, 2.05) is 0 Å². The Labute approximate surface area is 65.7 Å². The second-order valence-electron chi connectivity index (χ2n) is 2.72. The monoisotopic (exact) mass is 156 g/mol. The zero-order valence-electron chi connectivity index (χ0n) is 6.41. The van der Waals surface area contributed by atoms with E-state index < -0.39 is 0 Å². The first-order valence-corrected chi connectivity index (χ1v) is 3.88. The summed E-state index contributed by atoms with van der Waals surface area (Å²) in [6.07, 6.45) is 2.32. The second kappa shape index (κ2) is 4.23. The van der Waals surface area contributed by atoms with Crippen molar-refractivity contribution in [1.82, 2.24) is 0 Å². The van der Waals surface area contributed by atoms with Crippen LogP contribution < -0.4 is 0 Å². The molecule has 0 atom stereocenters. The minimum absolute atomic E-state index is 0.0725. The molecule has 0 unspecified atom stereocenters. The van der Waals surface area contributed by atoms with Crippen LogP contribution in [0.5, 0.6) is 0 Å². The molecule has 0 aromatic carbocycles. The van der Waals surface area contributed by atoms with Gasteiger partial charge in [0.1, 0.15) is 12.1 Å². The maximum Gasteiger partial charge on any atom is 0.143 e. The minimum Gasteiger partial charge on any atom is -0.381 e. The molecule has 1 saturated heterocycles. The van der Waals surface area contributed by atoms with E-state index in [1.54, 1.807) is 0 Å². The molecule has 0 aliphatic carbocycles. The van der Waals surface area contributed by atoms with Gasteiger partial charge in [0.25, 0.3) is 0 Å². The van der Waals surface area contributed by atoms with Crippen molar-refractivity contribution in [3.05, 3.63) is 0 Å². The lowest BCUT2D eigenvalue weighted by molar-refractivity contribution is -0.127. The summed E-state index contributed by atoms with van der Waals surface area (Å²) in [7, 11) is 0. The van der Waals surface area contributed by atoms with E-state index in [4.69, 9.17) is 4.74 Å². The van der Waals surface area contributed by atoms with Gasteiger partial charge in [-0.1, -0.05) is 0 Å². The summed E-state index contributed by atoms with van der Waals surface area (Å²) < 4.78 is 5.09. The predicted octanol–water partition coefficient (Wildman–Crippen LogP) is 0.571. The molecule has 0 spiro atoms. The number of ketones is 1. The van der Waals surface area contributed by atoms with E-state index >= 15 is 0 Å². The Morgan fingerprint density at radius 3 is 2.64 bits per heavy atom. The fourth-order valence-electron chi connectivity index (χ4n) is 1.27. The van der Waals surface area contributed by atoms with Crippen molar-refractivity contribution < 1.29 is 14.3 Å². The van der Waals surface area contributed by atoms with Crippen LogP contribution in [0.3, 0.4) is 0 Å². The van der Waals surface area contributed by atoms with Crippen LogP contribution in [0.15, 0.2) is 0 Å². The lowest BCUT2D eigenvalue weighted by Crippen LogP contribution is -2.23. The molecule has 0 radical (unpaired) electrons. The van der Waals surface area contributed by atoms with Crippen molar-refractivity contribution in [3.8, 4) is 0 Å². The Morgan fingerprint density at radius 2 is 2.09 bits per heavy atom. The molecular weight excluding hydrogens is 144 g/mol. The van der Waals surface area contributed by atoms with E-state index in [0.717, 1.165) is 12.8 Å². The quantitative estimate of drug-likeness (QED) is 0.443. The molecule has 3 nitrogen and oxygen atoms in total. The Morgan fingerprint density at radius 1 is 1.45 bits per heavy atom. The number of carbonyl (C=O) groups excluding carboxylic acids is 2. The highest BCUT2D eigenvalue weighted by Crippen LogP contribution is 2.16. The average Bonchev–Trinajstić information content (AvgIpc) is 2.07. The Balaban J connectivity index is 2.32. The van der Waals surface area contributed by atoms with Crippen molar-refractivity contribution in [2.24, 2.45) is 5.92 Å². The number of rotatable bonds is 3. The molecule has 1 aliphatic rings. The Kier molecular flexibility index (Phi) is 3.23. The third-order valence-corrected chi connectivity index (χ3v) is 1.96. The van der Waals surface area contributed by atoms with Gasteiger partial charge in [0.05, 0.1) is 6.42 Å². The highest BCUT2D eigenvalue weighted by Gasteiger charge is 2.20. The molecule has 1 heterocycles. The summed E-state index contributed by atoms with van der Waals surface area (Å²) in [4.78, 5) is 21.1. The number of hydrogen-bond donors (Lipinski definition) is 0. The molecule has 0 aromatic heterocycles. The van der Waals surface area contributed by atoms with Crippen molar-refractivity contribution in [3.63, 3.8) is 0 Å². The first-order valence-electron chi connectivity index (χ1n) is 3.88. The van der Waals surface area contributed by atoms with Crippen molar-refractivity contribution in [2.75, 3.05) is 13.2 Å². The molecule has 0 amide bonds. The first kappa shape index (κ1) is 8.40. The summed E-state index contributed by atoms with van der Waals surface area (Å²) in [5, 5.41) is 0. The summed E-state index contributed by atoms with van der Waals surface area (Å²) >= 11 is 0. The predicted molar refractivity (Wildman–Crippen MR) is 39.2 cm³/mol. The van der Waals surface area contributed by atoms with Crippen LogP contribution in [0.25, 0.3) is 0 Å². The molecule has 11 heavy (non-hydrogen) atoms. The van der Waals surface area contributed by atoms with Gasteiger partial charge in [0.2, 0.25) is 0 Å². The largest absolute Gasteiger partial charge is 0.381 e. The van der Waals surface area contributed by atoms with Crippen molar-refractivity contribution in [2.45, 2.75) is 19.3 Å². The molecule has 1 fully saturated rings. The molecule has 0 N–H and O–H groups in total. The van der Waals surface area contributed by atoms with Gasteiger partial charge in [-0.15, -0.1) is 0 Å². The maximum atomic E-state index is 11.1. The number of carbonyl (C=O) groups is 2. The zero-order valence-corrected chi connectivity index (χ0v) is 6.41. The van der Waals surface area contributed by atoms with Gasteiger partial charge in [-0.2, -0.15) is 0 Å². The van der Waals surface area contributed by atoms with E-state index in [2.05, 4.69) is 0 Å². The zero-order chi connectivity index (χ0) is 8.10. The average molecular weight is 156 g/mol. The number of hydrogen-bond acceptors (Lipinski definition) is 3. The third-order valence-electron chi connectivity index (χ3n) is 1.96. The highest BCUT2D eigenvalue weighted by atomic mass is 16.5. The van der Waals surface area contributed by atoms with Gasteiger partial charge in [-0.05, 0) is 12.8 Å². The standard InChI is InChI=1S/C8H12O3/c9-4-1-8(10)7-2-5-11-6-3-7/h4,7H,1-3,5-6H2. The van der Waals surface area contributed by atoms with Gasteiger partial charge in [-0.25, -0.2) is 0 Å². The van der Waals surface area contributed by atoms with Crippen LogP contribution >= 0.6 is 0 Å². The lowest BCUT2D eigenvalue weighted by Gasteiger charge is -2.19. The summed E-state index contributed by atoms with van der Waals surface area (Å²) in [5.41, 5.74) is 0. The van der Waals surface area contributed by atoms with E-state index in [9.17, 15) is 9.59 Å². The molecule has 1 aliphatic heterocycles. The number of aldehydes is 1. The molecule has 3 heteroatoms. The summed E-state index contributed by atoms with van der Waals surface area (Å²) in [5.74, 6) is 0.150. The SMILES string of the molecule is O=CCC(=O)C1CCOCC1. The second-order valence-corrected chi connectivity index (χ2v) is 2.72. The minimum atomic E-state index is 0.0725. The van der Waals surface area contributed by atoms with Crippen LogP contribution in [0.4, 0.5) is 0 Å². The van der Waals surface area contributed by atoms with Crippen LogP contribution in [0.2, 0.25) is 0 Å². The van der Waals surface area contributed by atoms with Gasteiger partial charge >= 0.3 is 0 Å². The summed E-state index contributed by atoms with van der Waals surface area (Å²) in [6, 6.07) is 0. The molecule has 0 saturated carbocycles. The molecule has 62 valence electrons. The van der Waals surface area contributed by atoms with Crippen LogP contribution in [-0.2, 0) is 14.3 Å². The first-order chi connectivity index (χ1) is 5.34. The van der Waals surface area contributed by atoms with E-state index in [-0.39, 0.29) is 18.1 Å². The van der Waals surface area contributed by atoms with Crippen LogP contribution in [-0.4, -0.2) is 25.3 Å².